The van der Waals surface area contributed by atoms with Gasteiger partial charge < -0.3 is 20.9 Å². The number of nitrogens with one attached hydrogen (secondary N) is 1. The monoisotopic (exact) mass is 540 g/mol. The number of benzene rings is 3. The minimum Gasteiger partial charge on any atom is -0.489 e. The van der Waals surface area contributed by atoms with E-state index >= 15 is 0 Å². The number of carbonyl (C=O) groups is 2. The second-order valence-corrected chi connectivity index (χ2v) is 11.4. The van der Waals surface area contributed by atoms with Gasteiger partial charge in [0.25, 0.3) is 11.8 Å². The highest BCUT2D eigenvalue weighted by atomic mass is 32.2. The lowest BCUT2D eigenvalue weighted by atomic mass is 10.0. The van der Waals surface area contributed by atoms with Crippen LogP contribution in [0, 0.1) is 6.92 Å². The third-order valence-electron chi connectivity index (χ3n) is 6.90. The SMILES string of the molecule is Cc1ccc2ccccc2c1COc1ccc(C(=O)NC[C@](O)(C(N)=O)N2CCN(S(C)(=O)=O)CC2)cc1. The quantitative estimate of drug-likeness (QED) is 0.370. The van der Waals surface area contributed by atoms with Gasteiger partial charge >= 0.3 is 0 Å². The van der Waals surface area contributed by atoms with E-state index in [9.17, 15) is 23.1 Å². The summed E-state index contributed by atoms with van der Waals surface area (Å²) in [5, 5.41) is 15.8. The molecule has 1 heterocycles. The number of nitrogens with two attached hydrogens (primary N) is 1. The minimum atomic E-state index is -3.38. The van der Waals surface area contributed by atoms with Crippen LogP contribution in [0.5, 0.6) is 5.75 Å². The van der Waals surface area contributed by atoms with Crippen LogP contribution < -0.4 is 15.8 Å². The van der Waals surface area contributed by atoms with E-state index in [4.69, 9.17) is 10.5 Å². The van der Waals surface area contributed by atoms with Crippen LogP contribution in [0.1, 0.15) is 21.5 Å². The van der Waals surface area contributed by atoms with Gasteiger partial charge in [-0.25, -0.2) is 8.42 Å². The molecule has 11 heteroatoms. The third kappa shape index (κ3) is 5.97. The lowest BCUT2D eigenvalue weighted by Gasteiger charge is -2.41. The van der Waals surface area contributed by atoms with Crippen molar-refractivity contribution < 1.29 is 27.9 Å². The van der Waals surface area contributed by atoms with Crippen LogP contribution in [-0.4, -0.2) is 79.2 Å². The van der Waals surface area contributed by atoms with Crippen molar-refractivity contribution in [2.75, 3.05) is 39.0 Å². The minimum absolute atomic E-state index is 0.0879. The highest BCUT2D eigenvalue weighted by molar-refractivity contribution is 7.88. The second-order valence-electron chi connectivity index (χ2n) is 9.41. The summed E-state index contributed by atoms with van der Waals surface area (Å²) in [6, 6.07) is 18.8. The maximum absolute atomic E-state index is 12.7. The summed E-state index contributed by atoms with van der Waals surface area (Å²) < 4.78 is 30.7. The molecule has 10 nitrogen and oxygen atoms in total. The van der Waals surface area contributed by atoms with Crippen LogP contribution >= 0.6 is 0 Å². The van der Waals surface area contributed by atoms with Gasteiger partial charge in [-0.3, -0.25) is 14.5 Å². The maximum Gasteiger partial charge on any atom is 0.266 e. The molecule has 4 rings (SSSR count). The van der Waals surface area contributed by atoms with Gasteiger partial charge in [0.05, 0.1) is 12.8 Å². The number of sulfonamides is 1. The van der Waals surface area contributed by atoms with Gasteiger partial charge in [0, 0.05) is 37.3 Å². The van der Waals surface area contributed by atoms with Crippen LogP contribution in [0.4, 0.5) is 0 Å². The Balaban J connectivity index is 1.36. The zero-order valence-corrected chi connectivity index (χ0v) is 22.2. The molecule has 0 unspecified atom stereocenters. The summed E-state index contributed by atoms with van der Waals surface area (Å²) in [5.74, 6) is -0.944. The fraction of sp³-hybridized carbons (Fsp3) is 0.333. The zero-order valence-electron chi connectivity index (χ0n) is 21.4. The Hall–Kier alpha value is -3.51. The summed E-state index contributed by atoms with van der Waals surface area (Å²) in [5.41, 5.74) is 5.84. The summed E-state index contributed by atoms with van der Waals surface area (Å²) in [7, 11) is -3.38. The predicted molar refractivity (Wildman–Crippen MR) is 144 cm³/mol. The molecule has 1 atom stereocenters. The number of primary amides is 1. The fourth-order valence-electron chi connectivity index (χ4n) is 4.54. The largest absolute Gasteiger partial charge is 0.489 e. The van der Waals surface area contributed by atoms with Crippen molar-refractivity contribution in [1.82, 2.24) is 14.5 Å². The first-order valence-electron chi connectivity index (χ1n) is 12.2. The molecule has 1 fully saturated rings. The molecule has 1 aliphatic heterocycles. The van der Waals surface area contributed by atoms with Gasteiger partial charge in [-0.1, -0.05) is 36.4 Å². The van der Waals surface area contributed by atoms with Gasteiger partial charge in [0.15, 0.2) is 0 Å². The predicted octanol–water partition coefficient (Wildman–Crippen LogP) is 1.21. The Kier molecular flexibility index (Phi) is 8.02. The standard InChI is InChI=1S/C27H32N4O6S/c1-19-7-8-20-5-3-4-6-23(20)24(19)17-37-22-11-9-21(10-12-22)25(32)29-18-27(34,26(28)33)30-13-15-31(16-14-30)38(2,35)36/h3-12,34H,13-18H2,1-2H3,(H2,28,33)(H,29,32)/t27-/m0/s1. The molecule has 3 aromatic rings. The van der Waals surface area contributed by atoms with Crippen molar-refractivity contribution in [1.29, 1.82) is 0 Å². The maximum atomic E-state index is 12.7. The summed E-state index contributed by atoms with van der Waals surface area (Å²) in [6.45, 7) is 2.34. The highest BCUT2D eigenvalue weighted by Gasteiger charge is 2.43. The molecule has 38 heavy (non-hydrogen) atoms. The normalized spacial score (nSPS) is 16.6. The van der Waals surface area contributed by atoms with Gasteiger partial charge in [-0.2, -0.15) is 4.31 Å². The Morgan fingerprint density at radius 1 is 1.03 bits per heavy atom. The van der Waals surface area contributed by atoms with Crippen LogP contribution in [0.3, 0.4) is 0 Å². The van der Waals surface area contributed by atoms with Crippen LogP contribution in [-0.2, 0) is 21.4 Å². The van der Waals surface area contributed by atoms with Crippen molar-refractivity contribution in [3.63, 3.8) is 0 Å². The first kappa shape index (κ1) is 27.5. The lowest BCUT2D eigenvalue weighted by Crippen LogP contribution is -2.67. The van der Waals surface area contributed by atoms with E-state index < -0.39 is 34.1 Å². The lowest BCUT2D eigenvalue weighted by molar-refractivity contribution is -0.161. The Morgan fingerprint density at radius 2 is 1.68 bits per heavy atom. The Labute approximate surface area is 222 Å². The van der Waals surface area contributed by atoms with E-state index in [0.29, 0.717) is 17.9 Å². The number of hydrogen-bond donors (Lipinski definition) is 3. The molecule has 202 valence electrons. The van der Waals surface area contributed by atoms with E-state index in [2.05, 4.69) is 29.6 Å². The number of piperazine rings is 1. The number of aliphatic hydroxyl groups is 1. The van der Waals surface area contributed by atoms with Crippen molar-refractivity contribution in [3.8, 4) is 5.75 Å². The highest BCUT2D eigenvalue weighted by Crippen LogP contribution is 2.24. The summed E-state index contributed by atoms with van der Waals surface area (Å²) >= 11 is 0. The molecule has 2 amide bonds. The van der Waals surface area contributed by atoms with Gasteiger partial charge in [-0.05, 0) is 47.5 Å². The number of ether oxygens (including phenoxy) is 1. The van der Waals surface area contributed by atoms with Gasteiger partial charge in [0.2, 0.25) is 15.7 Å². The molecule has 0 aliphatic carbocycles. The van der Waals surface area contributed by atoms with Gasteiger partial charge in [-0.15, -0.1) is 0 Å². The molecule has 0 bridgehead atoms. The topological polar surface area (TPSA) is 142 Å². The van der Waals surface area contributed by atoms with Crippen molar-refractivity contribution in [3.05, 3.63) is 77.4 Å². The van der Waals surface area contributed by atoms with Crippen molar-refractivity contribution in [2.45, 2.75) is 19.3 Å². The number of hydrogen-bond acceptors (Lipinski definition) is 7. The fourth-order valence-corrected chi connectivity index (χ4v) is 5.37. The Morgan fingerprint density at radius 3 is 2.32 bits per heavy atom. The molecule has 4 N–H and O–H groups in total. The summed E-state index contributed by atoms with van der Waals surface area (Å²) in [4.78, 5) is 26.2. The van der Waals surface area contributed by atoms with Crippen molar-refractivity contribution in [2.24, 2.45) is 5.73 Å². The molecule has 1 saturated heterocycles. The number of rotatable bonds is 9. The first-order valence-corrected chi connectivity index (χ1v) is 14.0. The van der Waals surface area contributed by atoms with E-state index in [1.807, 2.05) is 19.1 Å². The van der Waals surface area contributed by atoms with E-state index in [0.717, 1.165) is 28.2 Å². The molecule has 0 radical (unpaired) electrons. The van der Waals surface area contributed by atoms with Gasteiger partial charge in [0.1, 0.15) is 12.4 Å². The smallest absolute Gasteiger partial charge is 0.266 e. The number of amides is 2. The molecule has 0 aromatic heterocycles. The molecular formula is C27H32N4O6S. The zero-order chi connectivity index (χ0) is 27.5. The van der Waals surface area contributed by atoms with Crippen LogP contribution in [0.15, 0.2) is 60.7 Å². The number of carbonyl (C=O) groups excluding carboxylic acids is 2. The first-order chi connectivity index (χ1) is 18.0. The van der Waals surface area contributed by atoms with Crippen LogP contribution in [0.2, 0.25) is 0 Å². The second kappa shape index (κ2) is 11.1. The van der Waals surface area contributed by atoms with E-state index in [-0.39, 0.29) is 26.2 Å². The average Bonchev–Trinajstić information content (AvgIpc) is 2.90. The number of aryl methyl sites for hydroxylation is 1. The molecule has 0 saturated carbocycles. The summed E-state index contributed by atoms with van der Waals surface area (Å²) in [6.07, 6.45) is 1.10. The van der Waals surface area contributed by atoms with Crippen LogP contribution in [0.25, 0.3) is 10.8 Å². The molecule has 0 spiro atoms. The molecular weight excluding hydrogens is 508 g/mol. The molecule has 1 aliphatic rings. The number of fused-ring (bicyclic) bond motifs is 1. The molecule has 3 aromatic carbocycles. The van der Waals surface area contributed by atoms with E-state index in [1.54, 1.807) is 24.3 Å². The van der Waals surface area contributed by atoms with Crippen molar-refractivity contribution >= 4 is 32.6 Å². The number of nitrogens with zero attached hydrogens (tertiary/aromatic N) is 2. The third-order valence-corrected chi connectivity index (χ3v) is 8.20. The average molecular weight is 541 g/mol. The van der Waals surface area contributed by atoms with E-state index in [1.165, 1.54) is 9.21 Å². The Bertz CT molecular complexity index is 1440.